The molecule has 0 aliphatic carbocycles. The van der Waals surface area contributed by atoms with Gasteiger partial charge in [0.05, 0.1) is 12.6 Å². The number of hydrogen-bond donors (Lipinski definition) is 1. The van der Waals surface area contributed by atoms with Crippen molar-refractivity contribution in [1.82, 2.24) is 20.1 Å². The molecule has 3 unspecified atom stereocenters. The summed E-state index contributed by atoms with van der Waals surface area (Å²) in [5.41, 5.74) is 1.79. The zero-order valence-electron chi connectivity index (χ0n) is 22.6. The van der Waals surface area contributed by atoms with Crippen LogP contribution in [0.25, 0.3) is 0 Å². The average Bonchev–Trinajstić information content (AvgIpc) is 3.50. The third kappa shape index (κ3) is 5.56. The molecule has 1 aromatic heterocycles. The van der Waals surface area contributed by atoms with E-state index < -0.39 is 12.1 Å². The molecule has 3 amide bonds. The van der Waals surface area contributed by atoms with Gasteiger partial charge in [0.25, 0.3) is 11.8 Å². The molecule has 38 heavy (non-hydrogen) atoms. The molecule has 2 aliphatic heterocycles. The molecule has 0 bridgehead atoms. The molecule has 0 saturated carbocycles. The van der Waals surface area contributed by atoms with Crippen LogP contribution >= 0.6 is 0 Å². The fourth-order valence-electron chi connectivity index (χ4n) is 5.52. The van der Waals surface area contributed by atoms with E-state index in [1.165, 1.54) is 4.90 Å². The number of aromatic nitrogens is 1. The standard InChI is InChI=1S/C29H37N5O4/c1-5-32(6-2)21-12-10-20(11-13-21)27(36)31-23(17-19(3)4)29(38)33-16-14-24-26(33)25(35)18-34(24)28(37)22-9-7-8-15-30-22/h7-13,15,19,23-24,26H,5-6,14,16-18H2,1-4H3,(H,31,36). The number of Topliss-reactive ketones (excluding diaryl/α,β-unsaturated/α-hetero) is 1. The van der Waals surface area contributed by atoms with Gasteiger partial charge in [0, 0.05) is 37.1 Å². The van der Waals surface area contributed by atoms with E-state index in [0.29, 0.717) is 24.9 Å². The number of carbonyl (C=O) groups excluding carboxylic acids is 4. The van der Waals surface area contributed by atoms with E-state index in [1.54, 1.807) is 41.4 Å². The molecular formula is C29H37N5O4. The second-order valence-corrected chi connectivity index (χ2v) is 10.3. The average molecular weight is 520 g/mol. The molecule has 2 fully saturated rings. The van der Waals surface area contributed by atoms with E-state index in [9.17, 15) is 19.2 Å². The third-order valence-corrected chi connectivity index (χ3v) is 7.42. The van der Waals surface area contributed by atoms with Crippen LogP contribution in [-0.4, -0.2) is 82.6 Å². The quantitative estimate of drug-likeness (QED) is 0.547. The maximum atomic E-state index is 13.7. The van der Waals surface area contributed by atoms with Crippen molar-refractivity contribution in [2.24, 2.45) is 5.92 Å². The first-order valence-electron chi connectivity index (χ1n) is 13.5. The molecule has 3 atom stereocenters. The Morgan fingerprint density at radius 3 is 2.37 bits per heavy atom. The van der Waals surface area contributed by atoms with Crippen LogP contribution in [-0.2, 0) is 9.59 Å². The number of benzene rings is 1. The van der Waals surface area contributed by atoms with Gasteiger partial charge in [-0.3, -0.25) is 24.2 Å². The number of carbonyl (C=O) groups is 4. The number of ketones is 1. The molecule has 1 aromatic carbocycles. The van der Waals surface area contributed by atoms with Gasteiger partial charge in [-0.25, -0.2) is 0 Å². The van der Waals surface area contributed by atoms with Crippen molar-refractivity contribution in [3.8, 4) is 0 Å². The Labute approximate surface area is 224 Å². The summed E-state index contributed by atoms with van der Waals surface area (Å²) < 4.78 is 0. The Hall–Kier alpha value is -3.75. The van der Waals surface area contributed by atoms with Crippen molar-refractivity contribution < 1.29 is 19.2 Å². The van der Waals surface area contributed by atoms with Crippen LogP contribution in [0.1, 0.15) is 61.4 Å². The molecule has 0 spiro atoms. The fraction of sp³-hybridized carbons (Fsp3) is 0.483. The summed E-state index contributed by atoms with van der Waals surface area (Å²) >= 11 is 0. The van der Waals surface area contributed by atoms with E-state index in [0.717, 1.165) is 18.8 Å². The third-order valence-electron chi connectivity index (χ3n) is 7.42. The minimum atomic E-state index is -0.767. The number of fused-ring (bicyclic) bond motifs is 1. The number of rotatable bonds is 9. The van der Waals surface area contributed by atoms with E-state index in [2.05, 4.69) is 29.0 Å². The molecule has 0 radical (unpaired) electrons. The van der Waals surface area contributed by atoms with Crippen LogP contribution in [0.5, 0.6) is 0 Å². The van der Waals surface area contributed by atoms with E-state index >= 15 is 0 Å². The molecule has 2 aliphatic rings. The first-order valence-corrected chi connectivity index (χ1v) is 13.5. The van der Waals surface area contributed by atoms with Crippen molar-refractivity contribution in [2.45, 2.75) is 58.7 Å². The fourth-order valence-corrected chi connectivity index (χ4v) is 5.52. The first kappa shape index (κ1) is 27.3. The Morgan fingerprint density at radius 1 is 1.05 bits per heavy atom. The molecular weight excluding hydrogens is 482 g/mol. The van der Waals surface area contributed by atoms with Gasteiger partial charge in [-0.15, -0.1) is 0 Å². The van der Waals surface area contributed by atoms with Gasteiger partial charge in [0.15, 0.2) is 5.78 Å². The molecule has 9 nitrogen and oxygen atoms in total. The lowest BCUT2D eigenvalue weighted by Crippen LogP contribution is -2.53. The van der Waals surface area contributed by atoms with Crippen LogP contribution in [0.15, 0.2) is 48.7 Å². The first-order chi connectivity index (χ1) is 18.2. The highest BCUT2D eigenvalue weighted by atomic mass is 16.2. The summed E-state index contributed by atoms with van der Waals surface area (Å²) in [4.78, 5) is 62.4. The minimum Gasteiger partial charge on any atom is -0.372 e. The van der Waals surface area contributed by atoms with Crippen molar-refractivity contribution in [1.29, 1.82) is 0 Å². The summed E-state index contributed by atoms with van der Waals surface area (Å²) in [7, 11) is 0. The van der Waals surface area contributed by atoms with E-state index in [4.69, 9.17) is 0 Å². The number of likely N-dealkylation sites (tertiary alicyclic amines) is 2. The Balaban J connectivity index is 1.48. The van der Waals surface area contributed by atoms with Crippen molar-refractivity contribution in [3.63, 3.8) is 0 Å². The highest BCUT2D eigenvalue weighted by molar-refractivity contribution is 6.03. The van der Waals surface area contributed by atoms with E-state index in [1.807, 2.05) is 26.0 Å². The number of hydrogen-bond acceptors (Lipinski definition) is 6. The Kier molecular flexibility index (Phi) is 8.44. The number of nitrogens with zero attached hydrogens (tertiary/aromatic N) is 4. The topological polar surface area (TPSA) is 103 Å². The van der Waals surface area contributed by atoms with Crippen LogP contribution in [0.4, 0.5) is 5.69 Å². The zero-order chi connectivity index (χ0) is 27.4. The van der Waals surface area contributed by atoms with Crippen LogP contribution in [0.2, 0.25) is 0 Å². The maximum absolute atomic E-state index is 13.7. The summed E-state index contributed by atoms with van der Waals surface area (Å²) in [5.74, 6) is -0.919. The lowest BCUT2D eigenvalue weighted by molar-refractivity contribution is -0.138. The monoisotopic (exact) mass is 519 g/mol. The maximum Gasteiger partial charge on any atom is 0.273 e. The number of anilines is 1. The Bertz CT molecular complexity index is 1160. The smallest absolute Gasteiger partial charge is 0.273 e. The number of amides is 3. The second kappa shape index (κ2) is 11.8. The minimum absolute atomic E-state index is 0.0470. The van der Waals surface area contributed by atoms with Crippen molar-refractivity contribution in [3.05, 3.63) is 59.9 Å². The molecule has 3 heterocycles. The summed E-state index contributed by atoms with van der Waals surface area (Å²) in [5, 5.41) is 2.93. The highest BCUT2D eigenvalue weighted by Crippen LogP contribution is 2.31. The van der Waals surface area contributed by atoms with Gasteiger partial charge in [-0.1, -0.05) is 19.9 Å². The van der Waals surface area contributed by atoms with Crippen molar-refractivity contribution >= 4 is 29.2 Å². The van der Waals surface area contributed by atoms with Crippen LogP contribution in [0, 0.1) is 5.92 Å². The van der Waals surface area contributed by atoms with Gasteiger partial charge in [-0.05, 0) is 69.0 Å². The lowest BCUT2D eigenvalue weighted by Gasteiger charge is -2.29. The van der Waals surface area contributed by atoms with Crippen molar-refractivity contribution in [2.75, 3.05) is 31.1 Å². The summed E-state index contributed by atoms with van der Waals surface area (Å²) in [6.07, 6.45) is 2.50. The van der Waals surface area contributed by atoms with Gasteiger partial charge >= 0.3 is 0 Å². The normalized spacial score (nSPS) is 19.4. The van der Waals surface area contributed by atoms with Crippen LogP contribution < -0.4 is 10.2 Å². The van der Waals surface area contributed by atoms with Gasteiger partial charge < -0.3 is 20.0 Å². The van der Waals surface area contributed by atoms with Gasteiger partial charge in [-0.2, -0.15) is 0 Å². The predicted octanol–water partition coefficient (Wildman–Crippen LogP) is 2.77. The molecule has 4 rings (SSSR count). The largest absolute Gasteiger partial charge is 0.372 e. The SMILES string of the molecule is CCN(CC)c1ccc(C(=O)NC(CC(C)C)C(=O)N2CCC3C2C(=O)CN3C(=O)c2ccccn2)cc1. The van der Waals surface area contributed by atoms with Gasteiger partial charge in [0.1, 0.15) is 17.8 Å². The highest BCUT2D eigenvalue weighted by Gasteiger charge is 2.52. The number of pyridine rings is 1. The zero-order valence-corrected chi connectivity index (χ0v) is 22.6. The Morgan fingerprint density at radius 2 is 1.76 bits per heavy atom. The summed E-state index contributed by atoms with van der Waals surface area (Å²) in [6.45, 7) is 10.2. The van der Waals surface area contributed by atoms with Gasteiger partial charge in [0.2, 0.25) is 5.91 Å². The molecule has 9 heteroatoms. The molecule has 2 aromatic rings. The molecule has 1 N–H and O–H groups in total. The van der Waals surface area contributed by atoms with E-state index in [-0.39, 0.29) is 47.7 Å². The molecule has 202 valence electrons. The predicted molar refractivity (Wildman–Crippen MR) is 145 cm³/mol. The number of nitrogens with one attached hydrogen (secondary N) is 1. The summed E-state index contributed by atoms with van der Waals surface area (Å²) in [6, 6.07) is 10.6. The molecule has 2 saturated heterocycles. The lowest BCUT2D eigenvalue weighted by atomic mass is 10.0. The van der Waals surface area contributed by atoms with Crippen LogP contribution in [0.3, 0.4) is 0 Å². The second-order valence-electron chi connectivity index (χ2n) is 10.3.